The number of nitrogens with one attached hydrogen (secondary N) is 1. The summed E-state index contributed by atoms with van der Waals surface area (Å²) in [7, 11) is 3.80. The maximum atomic E-state index is 5.86. The number of aliphatic imine (C=N–C) groups is 1. The number of methoxy groups -OCH3 is 1. The van der Waals surface area contributed by atoms with E-state index in [0.717, 1.165) is 38.3 Å². The van der Waals surface area contributed by atoms with Crippen molar-refractivity contribution in [3.63, 3.8) is 0 Å². The molecule has 0 unspecified atom stereocenters. The first-order valence-corrected chi connectivity index (χ1v) is 6.93. The number of likely N-dealkylation sites (N-methyl/N-ethyl adjacent to an activating group) is 1. The zero-order chi connectivity index (χ0) is 14.8. The lowest BCUT2D eigenvalue weighted by Gasteiger charge is -2.14. The topological polar surface area (TPSA) is 62.9 Å². The predicted molar refractivity (Wildman–Crippen MR) is 101 cm³/mol. The van der Waals surface area contributed by atoms with Crippen LogP contribution in [0.4, 0.5) is 5.69 Å². The molecule has 0 radical (unpaired) electrons. The number of hydrogen-bond donors (Lipinski definition) is 2. The number of aryl methyl sites for hydroxylation is 1. The fourth-order valence-electron chi connectivity index (χ4n) is 1.81. The zero-order valence-corrected chi connectivity index (χ0v) is 15.5. The van der Waals surface area contributed by atoms with Crippen molar-refractivity contribution in [1.29, 1.82) is 0 Å². The molecular weight excluding hydrogens is 379 g/mol. The van der Waals surface area contributed by atoms with Crippen LogP contribution >= 0.6 is 24.0 Å². The van der Waals surface area contributed by atoms with Crippen LogP contribution in [0.3, 0.4) is 0 Å². The molecule has 0 heterocycles. The summed E-state index contributed by atoms with van der Waals surface area (Å²) in [5.74, 6) is 0.468. The number of rotatable bonds is 8. The van der Waals surface area contributed by atoms with Crippen molar-refractivity contribution in [2.45, 2.75) is 13.3 Å². The van der Waals surface area contributed by atoms with E-state index >= 15 is 0 Å². The Hall–Kier alpha value is -0.860. The number of ether oxygens (including phenoxy) is 1. The Morgan fingerprint density at radius 1 is 1.38 bits per heavy atom. The molecule has 0 aliphatic carbocycles. The van der Waals surface area contributed by atoms with Crippen molar-refractivity contribution in [1.82, 2.24) is 4.90 Å². The van der Waals surface area contributed by atoms with Crippen LogP contribution in [-0.4, -0.2) is 51.3 Å². The highest BCUT2D eigenvalue weighted by Gasteiger charge is 1.98. The molecule has 0 aliphatic rings. The van der Waals surface area contributed by atoms with Gasteiger partial charge in [-0.25, -0.2) is 0 Å². The third kappa shape index (κ3) is 9.65. The fourth-order valence-corrected chi connectivity index (χ4v) is 1.81. The van der Waals surface area contributed by atoms with E-state index in [1.54, 1.807) is 7.11 Å². The van der Waals surface area contributed by atoms with Crippen LogP contribution in [0.5, 0.6) is 0 Å². The second-order valence-corrected chi connectivity index (χ2v) is 4.91. The van der Waals surface area contributed by atoms with Crippen LogP contribution < -0.4 is 11.1 Å². The maximum Gasteiger partial charge on any atom is 0.193 e. The van der Waals surface area contributed by atoms with E-state index in [9.17, 15) is 0 Å². The monoisotopic (exact) mass is 406 g/mol. The molecule has 0 saturated heterocycles. The van der Waals surface area contributed by atoms with Crippen molar-refractivity contribution < 1.29 is 4.74 Å². The van der Waals surface area contributed by atoms with Crippen LogP contribution in [0.25, 0.3) is 0 Å². The molecule has 1 aromatic carbocycles. The van der Waals surface area contributed by atoms with Gasteiger partial charge in [0.25, 0.3) is 0 Å². The van der Waals surface area contributed by atoms with Crippen LogP contribution in [0, 0.1) is 6.92 Å². The second kappa shape index (κ2) is 11.8. The van der Waals surface area contributed by atoms with E-state index in [1.165, 1.54) is 5.56 Å². The summed E-state index contributed by atoms with van der Waals surface area (Å²) in [5, 5.41) is 3.10. The third-order valence-corrected chi connectivity index (χ3v) is 2.95. The molecule has 0 aromatic heterocycles. The number of hydrogen-bond acceptors (Lipinski definition) is 3. The largest absolute Gasteiger partial charge is 0.383 e. The summed E-state index contributed by atoms with van der Waals surface area (Å²) < 4.78 is 5.03. The van der Waals surface area contributed by atoms with Gasteiger partial charge >= 0.3 is 0 Å². The first-order chi connectivity index (χ1) is 9.61. The van der Waals surface area contributed by atoms with E-state index in [1.807, 2.05) is 31.2 Å². The van der Waals surface area contributed by atoms with Gasteiger partial charge in [0, 0.05) is 25.9 Å². The molecule has 0 aliphatic heterocycles. The number of nitrogens with two attached hydrogens (primary N) is 1. The number of nitrogens with zero attached hydrogens (tertiary/aromatic N) is 2. The Kier molecular flexibility index (Phi) is 11.3. The molecule has 1 aromatic rings. The Morgan fingerprint density at radius 3 is 2.81 bits per heavy atom. The van der Waals surface area contributed by atoms with Crippen molar-refractivity contribution in [3.8, 4) is 0 Å². The molecule has 1 rings (SSSR count). The molecule has 21 heavy (non-hydrogen) atoms. The Bertz CT molecular complexity index is 426. The molecule has 0 fully saturated rings. The molecule has 5 nitrogen and oxygen atoms in total. The third-order valence-electron chi connectivity index (χ3n) is 2.95. The van der Waals surface area contributed by atoms with Gasteiger partial charge in [0.05, 0.1) is 6.61 Å². The predicted octanol–water partition coefficient (Wildman–Crippen LogP) is 2.31. The Balaban J connectivity index is 0.00000400. The lowest BCUT2D eigenvalue weighted by atomic mass is 10.2. The van der Waals surface area contributed by atoms with Gasteiger partial charge < -0.3 is 20.7 Å². The molecule has 0 saturated carbocycles. The molecular formula is C15H27IN4O. The molecule has 120 valence electrons. The minimum Gasteiger partial charge on any atom is -0.383 e. The highest BCUT2D eigenvalue weighted by Crippen LogP contribution is 2.08. The average Bonchev–Trinajstić information content (AvgIpc) is 2.41. The normalized spacial score (nSPS) is 11.3. The summed E-state index contributed by atoms with van der Waals surface area (Å²) in [6.45, 7) is 5.47. The van der Waals surface area contributed by atoms with Crippen LogP contribution in [0.1, 0.15) is 12.0 Å². The second-order valence-electron chi connectivity index (χ2n) is 4.91. The lowest BCUT2D eigenvalue weighted by Crippen LogP contribution is -2.25. The van der Waals surface area contributed by atoms with Crippen molar-refractivity contribution in [2.24, 2.45) is 10.7 Å². The average molecular weight is 406 g/mol. The highest BCUT2D eigenvalue weighted by molar-refractivity contribution is 14.0. The van der Waals surface area contributed by atoms with Crippen molar-refractivity contribution in [3.05, 3.63) is 29.8 Å². The summed E-state index contributed by atoms with van der Waals surface area (Å²) in [4.78, 5) is 6.55. The van der Waals surface area contributed by atoms with Crippen molar-refractivity contribution >= 4 is 35.6 Å². The van der Waals surface area contributed by atoms with Gasteiger partial charge in [0.15, 0.2) is 5.96 Å². The van der Waals surface area contributed by atoms with E-state index in [4.69, 9.17) is 10.5 Å². The first kappa shape index (κ1) is 20.1. The van der Waals surface area contributed by atoms with Crippen molar-refractivity contribution in [2.75, 3.05) is 45.7 Å². The van der Waals surface area contributed by atoms with E-state index in [2.05, 4.69) is 22.3 Å². The van der Waals surface area contributed by atoms with Gasteiger partial charge in [-0.1, -0.05) is 12.1 Å². The molecule has 0 spiro atoms. The van der Waals surface area contributed by atoms with Crippen LogP contribution in [0.2, 0.25) is 0 Å². The minimum atomic E-state index is 0. The van der Waals surface area contributed by atoms with Gasteiger partial charge in [-0.05, 0) is 44.6 Å². The quantitative estimate of drug-likeness (QED) is 0.301. The Labute approximate surface area is 145 Å². The summed E-state index contributed by atoms with van der Waals surface area (Å²) in [6, 6.07) is 8.07. The lowest BCUT2D eigenvalue weighted by molar-refractivity contribution is 0.161. The molecule has 0 bridgehead atoms. The number of guanidine groups is 1. The van der Waals surface area contributed by atoms with E-state index in [-0.39, 0.29) is 24.0 Å². The number of benzene rings is 1. The molecule has 6 heteroatoms. The smallest absolute Gasteiger partial charge is 0.193 e. The van der Waals surface area contributed by atoms with Crippen LogP contribution in [-0.2, 0) is 4.74 Å². The SMILES string of the molecule is COCCN(C)CCCN=C(N)Nc1cccc(C)c1.I. The van der Waals surface area contributed by atoms with Gasteiger partial charge in [-0.3, -0.25) is 4.99 Å². The fraction of sp³-hybridized carbons (Fsp3) is 0.533. The Morgan fingerprint density at radius 2 is 2.14 bits per heavy atom. The summed E-state index contributed by atoms with van der Waals surface area (Å²) in [6.07, 6.45) is 0.983. The summed E-state index contributed by atoms with van der Waals surface area (Å²) >= 11 is 0. The number of anilines is 1. The van der Waals surface area contributed by atoms with E-state index < -0.39 is 0 Å². The molecule has 0 atom stereocenters. The number of halogens is 1. The van der Waals surface area contributed by atoms with Gasteiger partial charge in [-0.15, -0.1) is 24.0 Å². The van der Waals surface area contributed by atoms with Gasteiger partial charge in [0.2, 0.25) is 0 Å². The zero-order valence-electron chi connectivity index (χ0n) is 13.1. The van der Waals surface area contributed by atoms with E-state index in [0.29, 0.717) is 5.96 Å². The van der Waals surface area contributed by atoms with Gasteiger partial charge in [0.1, 0.15) is 0 Å². The molecule has 0 amide bonds. The first-order valence-electron chi connectivity index (χ1n) is 6.93. The van der Waals surface area contributed by atoms with Crippen LogP contribution in [0.15, 0.2) is 29.3 Å². The van der Waals surface area contributed by atoms with Gasteiger partial charge in [-0.2, -0.15) is 0 Å². The maximum absolute atomic E-state index is 5.86. The summed E-state index contributed by atoms with van der Waals surface area (Å²) in [5.41, 5.74) is 8.03. The molecule has 3 N–H and O–H groups in total. The standard InChI is InChI=1S/C15H26N4O.HI/c1-13-6-4-7-14(12-13)18-15(16)17-8-5-9-19(2)10-11-20-3;/h4,6-7,12H,5,8-11H2,1-3H3,(H3,16,17,18);1H. The highest BCUT2D eigenvalue weighted by atomic mass is 127. The minimum absolute atomic E-state index is 0.